The molecule has 0 spiro atoms. The van der Waals surface area contributed by atoms with Crippen LogP contribution in [-0.4, -0.2) is 32.5 Å². The smallest absolute Gasteiger partial charge is 0.261 e. The lowest BCUT2D eigenvalue weighted by atomic mass is 10.0. The molecule has 1 atom stereocenters. The number of hydrogen-bond donors (Lipinski definition) is 2. The SMILES string of the molecule is Cc1cc(C)n2nc(C)c(C(=O)Nc3cc(C(=O)NC4C=CCCC4)ccc3C)c2n1. The van der Waals surface area contributed by atoms with E-state index in [1.54, 1.807) is 23.6 Å². The van der Waals surface area contributed by atoms with Gasteiger partial charge in [0.25, 0.3) is 11.8 Å². The van der Waals surface area contributed by atoms with Gasteiger partial charge in [-0.3, -0.25) is 9.59 Å². The molecule has 0 radical (unpaired) electrons. The maximum absolute atomic E-state index is 13.2. The number of rotatable bonds is 4. The summed E-state index contributed by atoms with van der Waals surface area (Å²) >= 11 is 0. The van der Waals surface area contributed by atoms with Crippen molar-refractivity contribution in [1.82, 2.24) is 19.9 Å². The minimum absolute atomic E-state index is 0.0552. The molecule has 7 nitrogen and oxygen atoms in total. The number of aromatic nitrogens is 3. The van der Waals surface area contributed by atoms with Gasteiger partial charge in [0, 0.05) is 28.7 Å². The fourth-order valence-electron chi connectivity index (χ4n) is 3.96. The number of aryl methyl sites for hydroxylation is 4. The molecule has 1 aliphatic carbocycles. The molecule has 7 heteroatoms. The molecule has 2 heterocycles. The number of carbonyl (C=O) groups excluding carboxylic acids is 2. The van der Waals surface area contributed by atoms with E-state index in [2.05, 4.69) is 26.8 Å². The van der Waals surface area contributed by atoms with Crippen LogP contribution in [0.4, 0.5) is 5.69 Å². The average molecular weight is 418 g/mol. The Labute approximate surface area is 181 Å². The second-order valence-corrected chi connectivity index (χ2v) is 8.16. The zero-order valence-electron chi connectivity index (χ0n) is 18.3. The van der Waals surface area contributed by atoms with Gasteiger partial charge in [0.05, 0.1) is 5.69 Å². The number of amides is 2. The van der Waals surface area contributed by atoms with Crippen molar-refractivity contribution in [3.05, 3.63) is 70.2 Å². The molecular formula is C24H27N5O2. The third-order valence-electron chi connectivity index (χ3n) is 5.62. The van der Waals surface area contributed by atoms with Crippen molar-refractivity contribution in [1.29, 1.82) is 0 Å². The van der Waals surface area contributed by atoms with Gasteiger partial charge < -0.3 is 10.6 Å². The van der Waals surface area contributed by atoms with Gasteiger partial charge >= 0.3 is 0 Å². The minimum Gasteiger partial charge on any atom is -0.346 e. The number of carbonyl (C=O) groups is 2. The number of benzene rings is 1. The lowest BCUT2D eigenvalue weighted by Gasteiger charge is -2.18. The summed E-state index contributed by atoms with van der Waals surface area (Å²) < 4.78 is 1.69. The predicted octanol–water partition coefficient (Wildman–Crippen LogP) is 4.05. The molecule has 3 aromatic rings. The largest absolute Gasteiger partial charge is 0.346 e. The Morgan fingerprint density at radius 3 is 2.65 bits per heavy atom. The third-order valence-corrected chi connectivity index (χ3v) is 5.62. The molecule has 2 N–H and O–H groups in total. The van der Waals surface area contributed by atoms with Gasteiger partial charge in [-0.1, -0.05) is 18.2 Å². The monoisotopic (exact) mass is 417 g/mol. The number of allylic oxidation sites excluding steroid dienone is 1. The fourth-order valence-corrected chi connectivity index (χ4v) is 3.96. The molecule has 0 aliphatic heterocycles. The Hall–Kier alpha value is -3.48. The third kappa shape index (κ3) is 4.21. The summed E-state index contributed by atoms with van der Waals surface area (Å²) in [5.41, 5.74) is 5.30. The van der Waals surface area contributed by atoms with Crippen LogP contribution in [0.2, 0.25) is 0 Å². The summed E-state index contributed by atoms with van der Waals surface area (Å²) in [4.78, 5) is 30.4. The highest BCUT2D eigenvalue weighted by Gasteiger charge is 2.21. The molecule has 31 heavy (non-hydrogen) atoms. The van der Waals surface area contributed by atoms with Gasteiger partial charge in [-0.2, -0.15) is 5.10 Å². The van der Waals surface area contributed by atoms with Crippen molar-refractivity contribution in [2.75, 3.05) is 5.32 Å². The van der Waals surface area contributed by atoms with Crippen LogP contribution in [0.5, 0.6) is 0 Å². The molecular weight excluding hydrogens is 390 g/mol. The summed E-state index contributed by atoms with van der Waals surface area (Å²) in [6, 6.07) is 7.33. The molecule has 1 unspecified atom stereocenters. The van der Waals surface area contributed by atoms with E-state index in [1.807, 2.05) is 39.0 Å². The highest BCUT2D eigenvalue weighted by Crippen LogP contribution is 2.22. The van der Waals surface area contributed by atoms with Crippen LogP contribution < -0.4 is 10.6 Å². The quantitative estimate of drug-likeness (QED) is 0.627. The molecule has 1 aromatic carbocycles. The first kappa shape index (κ1) is 20.8. The van der Waals surface area contributed by atoms with Gasteiger partial charge in [-0.15, -0.1) is 0 Å². The maximum Gasteiger partial charge on any atom is 0.261 e. The number of hydrogen-bond acceptors (Lipinski definition) is 4. The number of nitrogens with zero attached hydrogens (tertiary/aromatic N) is 3. The van der Waals surface area contributed by atoms with Gasteiger partial charge in [-0.25, -0.2) is 9.50 Å². The van der Waals surface area contributed by atoms with Gasteiger partial charge in [-0.05, 0) is 70.7 Å². The standard InChI is InChI=1S/C24H27N5O2/c1-14-10-11-18(23(30)26-19-8-6-5-7-9-19)13-20(14)27-24(31)21-17(4)28-29-16(3)12-15(2)25-22(21)29/h6,8,10-13,19H,5,7,9H2,1-4H3,(H,26,30)(H,27,31). The molecule has 160 valence electrons. The van der Waals surface area contributed by atoms with E-state index in [9.17, 15) is 9.59 Å². The van der Waals surface area contributed by atoms with E-state index >= 15 is 0 Å². The van der Waals surface area contributed by atoms with Crippen LogP contribution in [0.25, 0.3) is 5.65 Å². The maximum atomic E-state index is 13.2. The summed E-state index contributed by atoms with van der Waals surface area (Å²) in [7, 11) is 0. The Morgan fingerprint density at radius 2 is 1.90 bits per heavy atom. The van der Waals surface area contributed by atoms with E-state index in [0.717, 1.165) is 36.2 Å². The molecule has 2 aromatic heterocycles. The molecule has 0 fully saturated rings. The van der Waals surface area contributed by atoms with Crippen molar-refractivity contribution < 1.29 is 9.59 Å². The number of anilines is 1. The number of nitrogens with one attached hydrogen (secondary N) is 2. The second kappa shape index (κ2) is 8.34. The van der Waals surface area contributed by atoms with Gasteiger partial charge in [0.1, 0.15) is 5.56 Å². The Morgan fingerprint density at radius 1 is 1.10 bits per heavy atom. The van der Waals surface area contributed by atoms with Crippen LogP contribution in [-0.2, 0) is 0 Å². The molecule has 2 amide bonds. The highest BCUT2D eigenvalue weighted by molar-refractivity contribution is 6.10. The fraction of sp³-hybridized carbons (Fsp3) is 0.333. The van der Waals surface area contributed by atoms with E-state index < -0.39 is 0 Å². The lowest BCUT2D eigenvalue weighted by molar-refractivity contribution is 0.0940. The van der Waals surface area contributed by atoms with Crippen LogP contribution in [0.15, 0.2) is 36.4 Å². The second-order valence-electron chi connectivity index (χ2n) is 8.16. The zero-order chi connectivity index (χ0) is 22.1. The van der Waals surface area contributed by atoms with Gasteiger partial charge in [0.15, 0.2) is 5.65 Å². The van der Waals surface area contributed by atoms with Crippen LogP contribution in [0.3, 0.4) is 0 Å². The first-order valence-corrected chi connectivity index (χ1v) is 10.6. The molecule has 4 rings (SSSR count). The summed E-state index contributed by atoms with van der Waals surface area (Å²) in [6.07, 6.45) is 7.22. The predicted molar refractivity (Wildman–Crippen MR) is 121 cm³/mol. The average Bonchev–Trinajstić information content (AvgIpc) is 3.06. The highest BCUT2D eigenvalue weighted by atomic mass is 16.2. The first-order chi connectivity index (χ1) is 14.8. The topological polar surface area (TPSA) is 88.4 Å². The van der Waals surface area contributed by atoms with Crippen LogP contribution in [0.1, 0.15) is 62.6 Å². The molecule has 0 saturated carbocycles. The van der Waals surface area contributed by atoms with E-state index in [4.69, 9.17) is 0 Å². The van der Waals surface area contributed by atoms with Crippen LogP contribution >= 0.6 is 0 Å². The van der Waals surface area contributed by atoms with Crippen molar-refractivity contribution >= 4 is 23.1 Å². The summed E-state index contributed by atoms with van der Waals surface area (Å²) in [5, 5.41) is 10.5. The summed E-state index contributed by atoms with van der Waals surface area (Å²) in [6.45, 7) is 7.53. The molecule has 0 saturated heterocycles. The van der Waals surface area contributed by atoms with Crippen molar-refractivity contribution in [3.63, 3.8) is 0 Å². The normalized spacial score (nSPS) is 15.8. The molecule has 1 aliphatic rings. The van der Waals surface area contributed by atoms with Crippen molar-refractivity contribution in [2.45, 2.75) is 53.0 Å². The molecule has 0 bridgehead atoms. The zero-order valence-corrected chi connectivity index (χ0v) is 18.3. The van der Waals surface area contributed by atoms with Gasteiger partial charge in [0.2, 0.25) is 0 Å². The number of fused-ring (bicyclic) bond motifs is 1. The lowest BCUT2D eigenvalue weighted by Crippen LogP contribution is -2.34. The first-order valence-electron chi connectivity index (χ1n) is 10.6. The van der Waals surface area contributed by atoms with Crippen molar-refractivity contribution in [2.24, 2.45) is 0 Å². The Kier molecular flexibility index (Phi) is 5.59. The van der Waals surface area contributed by atoms with E-state index in [1.165, 1.54) is 0 Å². The van der Waals surface area contributed by atoms with E-state index in [-0.39, 0.29) is 17.9 Å². The Balaban J connectivity index is 1.60. The van der Waals surface area contributed by atoms with Crippen molar-refractivity contribution in [3.8, 4) is 0 Å². The van der Waals surface area contributed by atoms with E-state index in [0.29, 0.717) is 28.2 Å². The minimum atomic E-state index is -0.291. The summed E-state index contributed by atoms with van der Waals surface area (Å²) in [5.74, 6) is -0.437. The van der Waals surface area contributed by atoms with Crippen LogP contribution in [0, 0.1) is 27.7 Å². The Bertz CT molecular complexity index is 1210.